The number of anilines is 1. The fraction of sp³-hybridized carbons (Fsp3) is 0.370. The van der Waals surface area contributed by atoms with Crippen molar-refractivity contribution in [1.82, 2.24) is 14.8 Å². The minimum atomic E-state index is -0.406. The standard InChI is InChI=1S/C27H32N4O3S/c1-6-7-14-35-27-29-26-28-18(3)24(19(4)32)25(31(26)30-27)20-12-13-22(23(15-20)33-5)34-16-21-11-9-8-10-17(21)2/h8-13,15,25H,6-7,14,16H2,1-5H3,(H,28,29,30). The Labute approximate surface area is 210 Å². The van der Waals surface area contributed by atoms with Gasteiger partial charge >= 0.3 is 0 Å². The quantitative estimate of drug-likeness (QED) is 0.277. The number of aromatic nitrogens is 3. The van der Waals surface area contributed by atoms with Gasteiger partial charge in [-0.2, -0.15) is 4.98 Å². The molecule has 1 unspecified atom stereocenters. The third-order valence-electron chi connectivity index (χ3n) is 6.09. The number of hydrogen-bond acceptors (Lipinski definition) is 7. The van der Waals surface area contributed by atoms with Gasteiger partial charge in [-0.3, -0.25) is 4.79 Å². The second kappa shape index (κ2) is 11.0. The molecule has 0 amide bonds. The van der Waals surface area contributed by atoms with E-state index in [1.165, 1.54) is 5.56 Å². The maximum atomic E-state index is 12.7. The van der Waals surface area contributed by atoms with Crippen LogP contribution in [0.25, 0.3) is 0 Å². The summed E-state index contributed by atoms with van der Waals surface area (Å²) in [6, 6.07) is 13.5. The van der Waals surface area contributed by atoms with Crippen molar-refractivity contribution in [3.63, 3.8) is 0 Å². The molecule has 1 atom stereocenters. The van der Waals surface area contributed by atoms with Gasteiger partial charge in [0.2, 0.25) is 11.1 Å². The van der Waals surface area contributed by atoms with Crippen LogP contribution in [0.5, 0.6) is 11.5 Å². The van der Waals surface area contributed by atoms with Crippen LogP contribution in [-0.2, 0) is 11.4 Å². The van der Waals surface area contributed by atoms with Crippen LogP contribution in [0.1, 0.15) is 56.3 Å². The Morgan fingerprint density at radius 2 is 1.97 bits per heavy atom. The topological polar surface area (TPSA) is 78.3 Å². The highest BCUT2D eigenvalue weighted by atomic mass is 32.2. The zero-order valence-electron chi connectivity index (χ0n) is 20.9. The Morgan fingerprint density at radius 1 is 1.17 bits per heavy atom. The molecular formula is C27H32N4O3S. The van der Waals surface area contributed by atoms with Crippen molar-refractivity contribution >= 4 is 23.5 Å². The van der Waals surface area contributed by atoms with Crippen LogP contribution in [0.15, 0.2) is 58.9 Å². The molecule has 7 nitrogen and oxygen atoms in total. The molecule has 184 valence electrons. The van der Waals surface area contributed by atoms with Crippen LogP contribution in [-0.4, -0.2) is 33.4 Å². The highest BCUT2D eigenvalue weighted by Crippen LogP contribution is 2.39. The first kappa shape index (κ1) is 24.9. The molecule has 3 aromatic rings. The van der Waals surface area contributed by atoms with E-state index < -0.39 is 6.04 Å². The fourth-order valence-electron chi connectivity index (χ4n) is 4.17. The summed E-state index contributed by atoms with van der Waals surface area (Å²) in [5.74, 6) is 2.83. The first-order valence-electron chi connectivity index (χ1n) is 11.9. The van der Waals surface area contributed by atoms with Gasteiger partial charge in [-0.1, -0.05) is 55.4 Å². The number of thioether (sulfide) groups is 1. The summed E-state index contributed by atoms with van der Waals surface area (Å²) in [4.78, 5) is 17.4. The van der Waals surface area contributed by atoms with Crippen molar-refractivity contribution in [2.24, 2.45) is 0 Å². The molecule has 4 rings (SSSR count). The van der Waals surface area contributed by atoms with E-state index in [9.17, 15) is 4.79 Å². The minimum absolute atomic E-state index is 0.0137. The third-order valence-corrected chi connectivity index (χ3v) is 7.01. The number of allylic oxidation sites excluding steroid dienone is 2. The number of fused-ring (bicyclic) bond motifs is 1. The normalized spacial score (nSPS) is 14.9. The number of nitrogens with one attached hydrogen (secondary N) is 1. The predicted octanol–water partition coefficient (Wildman–Crippen LogP) is 5.94. The number of ether oxygens (including phenoxy) is 2. The van der Waals surface area contributed by atoms with Crippen LogP contribution in [0, 0.1) is 6.92 Å². The maximum absolute atomic E-state index is 12.7. The summed E-state index contributed by atoms with van der Waals surface area (Å²) in [5, 5.41) is 8.73. The van der Waals surface area contributed by atoms with Crippen molar-refractivity contribution in [3.05, 3.63) is 70.4 Å². The highest BCUT2D eigenvalue weighted by Gasteiger charge is 2.33. The number of nitrogens with zero attached hydrogens (tertiary/aromatic N) is 3. The maximum Gasteiger partial charge on any atom is 0.227 e. The SMILES string of the molecule is CCCCSc1nc2n(n1)C(c1ccc(OCc3ccccc3C)c(OC)c1)C(C(C)=O)=C(C)N2. The molecule has 0 aliphatic carbocycles. The molecule has 1 aliphatic rings. The van der Waals surface area contributed by atoms with E-state index in [1.54, 1.807) is 30.5 Å². The Balaban J connectivity index is 1.67. The number of carbonyl (C=O) groups excluding carboxylic acids is 1. The molecule has 1 N–H and O–H groups in total. The second-order valence-corrected chi connectivity index (χ2v) is 9.67. The van der Waals surface area contributed by atoms with E-state index in [4.69, 9.17) is 14.6 Å². The Bertz CT molecular complexity index is 1250. The van der Waals surface area contributed by atoms with Crippen molar-refractivity contribution < 1.29 is 14.3 Å². The van der Waals surface area contributed by atoms with Gasteiger partial charge in [0.25, 0.3) is 0 Å². The average Bonchev–Trinajstić information content (AvgIpc) is 3.24. The molecule has 0 bridgehead atoms. The van der Waals surface area contributed by atoms with Crippen LogP contribution in [0.4, 0.5) is 5.95 Å². The fourth-order valence-corrected chi connectivity index (χ4v) is 5.08. The van der Waals surface area contributed by atoms with Gasteiger partial charge in [-0.15, -0.1) is 5.10 Å². The Hall–Kier alpha value is -3.26. The number of aryl methyl sites for hydroxylation is 1. The molecule has 0 fully saturated rings. The summed E-state index contributed by atoms with van der Waals surface area (Å²) in [6.45, 7) is 8.17. The van der Waals surface area contributed by atoms with Gasteiger partial charge in [-0.05, 0) is 56.0 Å². The zero-order chi connectivity index (χ0) is 24.9. The minimum Gasteiger partial charge on any atom is -0.493 e. The Kier molecular flexibility index (Phi) is 7.80. The summed E-state index contributed by atoms with van der Waals surface area (Å²) < 4.78 is 13.6. The number of unbranched alkanes of at least 4 members (excludes halogenated alkanes) is 1. The molecule has 35 heavy (non-hydrogen) atoms. The highest BCUT2D eigenvalue weighted by molar-refractivity contribution is 7.99. The molecule has 0 saturated carbocycles. The van der Waals surface area contributed by atoms with Crippen molar-refractivity contribution in [2.75, 3.05) is 18.2 Å². The summed E-state index contributed by atoms with van der Waals surface area (Å²) >= 11 is 1.63. The molecule has 0 spiro atoms. The number of benzene rings is 2. The van der Waals surface area contributed by atoms with Crippen LogP contribution < -0.4 is 14.8 Å². The summed E-state index contributed by atoms with van der Waals surface area (Å²) in [6.07, 6.45) is 2.22. The molecule has 2 aromatic carbocycles. The van der Waals surface area contributed by atoms with Crippen molar-refractivity contribution in [3.8, 4) is 11.5 Å². The number of hydrogen-bond donors (Lipinski definition) is 1. The number of carbonyl (C=O) groups is 1. The molecule has 2 heterocycles. The summed E-state index contributed by atoms with van der Waals surface area (Å²) in [5.41, 5.74) is 4.62. The van der Waals surface area contributed by atoms with Gasteiger partial charge in [0, 0.05) is 17.0 Å². The number of rotatable bonds is 10. The largest absolute Gasteiger partial charge is 0.493 e. The Morgan fingerprint density at radius 3 is 2.69 bits per heavy atom. The van der Waals surface area contributed by atoms with E-state index in [0.29, 0.717) is 34.8 Å². The average molecular weight is 493 g/mol. The van der Waals surface area contributed by atoms with E-state index in [0.717, 1.165) is 35.4 Å². The lowest BCUT2D eigenvalue weighted by Gasteiger charge is -2.28. The monoisotopic (exact) mass is 492 g/mol. The smallest absolute Gasteiger partial charge is 0.227 e. The molecule has 0 saturated heterocycles. The van der Waals surface area contributed by atoms with E-state index in [2.05, 4.69) is 36.3 Å². The second-order valence-electron chi connectivity index (χ2n) is 8.61. The lowest BCUT2D eigenvalue weighted by atomic mass is 9.93. The first-order chi connectivity index (χ1) is 16.9. The lowest BCUT2D eigenvalue weighted by Crippen LogP contribution is -2.27. The molecular weight excluding hydrogens is 460 g/mol. The molecule has 1 aromatic heterocycles. The van der Waals surface area contributed by atoms with Crippen LogP contribution >= 0.6 is 11.8 Å². The molecule has 1 aliphatic heterocycles. The van der Waals surface area contributed by atoms with E-state index in [-0.39, 0.29) is 5.78 Å². The van der Waals surface area contributed by atoms with Gasteiger partial charge in [0.05, 0.1) is 7.11 Å². The molecule has 0 radical (unpaired) electrons. The summed E-state index contributed by atoms with van der Waals surface area (Å²) in [7, 11) is 1.62. The number of ketones is 1. The van der Waals surface area contributed by atoms with Crippen molar-refractivity contribution in [1.29, 1.82) is 0 Å². The van der Waals surface area contributed by atoms with Gasteiger partial charge in [0.15, 0.2) is 17.3 Å². The van der Waals surface area contributed by atoms with Crippen molar-refractivity contribution in [2.45, 2.75) is 58.3 Å². The number of methoxy groups -OCH3 is 1. The first-order valence-corrected chi connectivity index (χ1v) is 12.8. The molecule has 8 heteroatoms. The van der Waals surface area contributed by atoms with Gasteiger partial charge < -0.3 is 14.8 Å². The van der Waals surface area contributed by atoms with Crippen LogP contribution in [0.3, 0.4) is 0 Å². The third kappa shape index (κ3) is 5.37. The number of Topliss-reactive ketones (excluding diaryl/α,β-unsaturated/α-hetero) is 1. The van der Waals surface area contributed by atoms with E-state index in [1.807, 2.05) is 37.3 Å². The van der Waals surface area contributed by atoms with E-state index >= 15 is 0 Å². The van der Waals surface area contributed by atoms with Gasteiger partial charge in [0.1, 0.15) is 12.6 Å². The lowest BCUT2D eigenvalue weighted by molar-refractivity contribution is -0.114. The zero-order valence-corrected chi connectivity index (χ0v) is 21.7. The predicted molar refractivity (Wildman–Crippen MR) is 139 cm³/mol. The van der Waals surface area contributed by atoms with Gasteiger partial charge in [-0.25, -0.2) is 4.68 Å². The van der Waals surface area contributed by atoms with Crippen LogP contribution in [0.2, 0.25) is 0 Å².